The molecule has 0 aliphatic rings. The van der Waals surface area contributed by atoms with Crippen molar-refractivity contribution >= 4 is 27.3 Å². The van der Waals surface area contributed by atoms with E-state index in [-0.39, 0.29) is 13.2 Å². The lowest BCUT2D eigenvalue weighted by atomic mass is 9.78. The van der Waals surface area contributed by atoms with E-state index in [1.807, 2.05) is 30.3 Å². The Kier molecular flexibility index (Phi) is 5.16. The van der Waals surface area contributed by atoms with Crippen molar-refractivity contribution in [2.45, 2.75) is 18.3 Å². The van der Waals surface area contributed by atoms with E-state index < -0.39 is 5.41 Å². The Balaban J connectivity index is 2.19. The van der Waals surface area contributed by atoms with Crippen molar-refractivity contribution in [1.82, 2.24) is 0 Å². The molecular weight excluding hydrogens is 324 g/mol. The fourth-order valence-corrected chi connectivity index (χ4v) is 3.13. The highest BCUT2D eigenvalue weighted by atomic mass is 79.9. The number of thiophene rings is 1. The maximum Gasteiger partial charge on any atom is 0.0550 e. The standard InChI is InChI=1S/C15H17BrO2S/c16-13-5-3-12(4-6-13)15(10-17,11-18)8-7-14-2-1-9-19-14/h1-6,9,17-18H,7-8,10-11H2. The molecule has 2 rings (SSSR count). The maximum absolute atomic E-state index is 9.76. The summed E-state index contributed by atoms with van der Waals surface area (Å²) in [5.74, 6) is 0. The second-order valence-corrected chi connectivity index (χ2v) is 6.63. The van der Waals surface area contributed by atoms with Crippen LogP contribution in [0.5, 0.6) is 0 Å². The highest BCUT2D eigenvalue weighted by Gasteiger charge is 2.30. The van der Waals surface area contributed by atoms with Crippen molar-refractivity contribution in [3.05, 3.63) is 56.7 Å². The molecule has 0 aliphatic carbocycles. The Hall–Kier alpha value is -0.680. The van der Waals surface area contributed by atoms with Crippen LogP contribution in [0.25, 0.3) is 0 Å². The molecule has 0 aliphatic heterocycles. The van der Waals surface area contributed by atoms with E-state index in [1.54, 1.807) is 11.3 Å². The van der Waals surface area contributed by atoms with Crippen LogP contribution in [0.2, 0.25) is 0 Å². The van der Waals surface area contributed by atoms with Crippen LogP contribution in [0.1, 0.15) is 16.9 Å². The third-order valence-electron chi connectivity index (χ3n) is 3.49. The molecule has 0 radical (unpaired) electrons. The largest absolute Gasteiger partial charge is 0.395 e. The van der Waals surface area contributed by atoms with Gasteiger partial charge in [0.15, 0.2) is 0 Å². The summed E-state index contributed by atoms with van der Waals surface area (Å²) in [5.41, 5.74) is 0.419. The number of benzene rings is 1. The zero-order valence-electron chi connectivity index (χ0n) is 10.6. The first-order valence-corrected chi connectivity index (χ1v) is 7.87. The normalized spacial score (nSPS) is 11.7. The predicted molar refractivity (Wildman–Crippen MR) is 82.6 cm³/mol. The van der Waals surface area contributed by atoms with Crippen LogP contribution in [-0.4, -0.2) is 23.4 Å². The fourth-order valence-electron chi connectivity index (χ4n) is 2.16. The van der Waals surface area contributed by atoms with Crippen molar-refractivity contribution in [1.29, 1.82) is 0 Å². The van der Waals surface area contributed by atoms with E-state index in [2.05, 4.69) is 27.4 Å². The smallest absolute Gasteiger partial charge is 0.0550 e. The summed E-state index contributed by atoms with van der Waals surface area (Å²) in [6.07, 6.45) is 1.61. The minimum Gasteiger partial charge on any atom is -0.395 e. The number of hydrogen-bond donors (Lipinski definition) is 2. The number of aryl methyl sites for hydroxylation is 1. The highest BCUT2D eigenvalue weighted by Crippen LogP contribution is 2.30. The van der Waals surface area contributed by atoms with E-state index in [9.17, 15) is 10.2 Å². The third-order valence-corrected chi connectivity index (χ3v) is 4.96. The van der Waals surface area contributed by atoms with Gasteiger partial charge in [0, 0.05) is 14.8 Å². The average molecular weight is 341 g/mol. The quantitative estimate of drug-likeness (QED) is 0.846. The number of halogens is 1. The van der Waals surface area contributed by atoms with Gasteiger partial charge in [0.25, 0.3) is 0 Å². The first-order chi connectivity index (χ1) is 9.20. The summed E-state index contributed by atoms with van der Waals surface area (Å²) >= 11 is 5.11. The maximum atomic E-state index is 9.76. The average Bonchev–Trinajstić information content (AvgIpc) is 2.95. The van der Waals surface area contributed by atoms with Crippen molar-refractivity contribution < 1.29 is 10.2 Å². The summed E-state index contributed by atoms with van der Waals surface area (Å²) in [5, 5.41) is 21.6. The Morgan fingerprint density at radius 3 is 2.26 bits per heavy atom. The number of aliphatic hydroxyl groups excluding tert-OH is 2. The number of rotatable bonds is 6. The molecule has 0 bridgehead atoms. The van der Waals surface area contributed by atoms with Crippen LogP contribution in [0.3, 0.4) is 0 Å². The third kappa shape index (κ3) is 3.45. The van der Waals surface area contributed by atoms with Gasteiger partial charge >= 0.3 is 0 Å². The number of hydrogen-bond acceptors (Lipinski definition) is 3. The Bertz CT molecular complexity index is 489. The van der Waals surface area contributed by atoms with E-state index in [0.717, 1.165) is 22.9 Å². The molecule has 0 atom stereocenters. The van der Waals surface area contributed by atoms with Gasteiger partial charge in [-0.15, -0.1) is 11.3 Å². The monoisotopic (exact) mass is 340 g/mol. The van der Waals surface area contributed by atoms with Crippen LogP contribution in [0.4, 0.5) is 0 Å². The number of aliphatic hydroxyl groups is 2. The van der Waals surface area contributed by atoms with Gasteiger partial charge in [0.2, 0.25) is 0 Å². The SMILES string of the molecule is OCC(CO)(CCc1cccs1)c1ccc(Br)cc1. The van der Waals surface area contributed by atoms with Crippen molar-refractivity contribution in [3.8, 4) is 0 Å². The van der Waals surface area contributed by atoms with Gasteiger partial charge in [0.05, 0.1) is 13.2 Å². The first kappa shape index (κ1) is 14.7. The lowest BCUT2D eigenvalue weighted by Crippen LogP contribution is -2.35. The molecule has 1 heterocycles. The molecule has 19 heavy (non-hydrogen) atoms. The van der Waals surface area contributed by atoms with Crippen LogP contribution < -0.4 is 0 Å². The van der Waals surface area contributed by atoms with Crippen LogP contribution in [-0.2, 0) is 11.8 Å². The molecular formula is C15H17BrO2S. The minimum absolute atomic E-state index is 0.0451. The lowest BCUT2D eigenvalue weighted by Gasteiger charge is -2.30. The van der Waals surface area contributed by atoms with Crippen LogP contribution >= 0.6 is 27.3 Å². The topological polar surface area (TPSA) is 40.5 Å². The molecule has 2 N–H and O–H groups in total. The van der Waals surface area contributed by atoms with Crippen LogP contribution in [0, 0.1) is 0 Å². The predicted octanol–water partition coefficient (Wildman–Crippen LogP) is 3.37. The molecule has 1 aromatic heterocycles. The van der Waals surface area contributed by atoms with E-state index in [4.69, 9.17) is 0 Å². The molecule has 102 valence electrons. The molecule has 2 nitrogen and oxygen atoms in total. The van der Waals surface area contributed by atoms with Crippen molar-refractivity contribution in [3.63, 3.8) is 0 Å². The summed E-state index contributed by atoms with van der Waals surface area (Å²) in [6, 6.07) is 11.9. The van der Waals surface area contributed by atoms with E-state index >= 15 is 0 Å². The second kappa shape index (κ2) is 6.66. The molecule has 0 unspecified atom stereocenters. The molecule has 4 heteroatoms. The minimum atomic E-state index is -0.565. The Morgan fingerprint density at radius 1 is 1.05 bits per heavy atom. The van der Waals surface area contributed by atoms with Gasteiger partial charge in [-0.25, -0.2) is 0 Å². The summed E-state index contributed by atoms with van der Waals surface area (Å²) in [7, 11) is 0. The van der Waals surface area contributed by atoms with Gasteiger partial charge < -0.3 is 10.2 Å². The molecule has 0 spiro atoms. The lowest BCUT2D eigenvalue weighted by molar-refractivity contribution is 0.110. The van der Waals surface area contributed by atoms with Gasteiger partial charge in [-0.05, 0) is 42.0 Å². The zero-order valence-corrected chi connectivity index (χ0v) is 13.0. The Morgan fingerprint density at radius 2 is 1.74 bits per heavy atom. The summed E-state index contributed by atoms with van der Waals surface area (Å²) in [4.78, 5) is 1.28. The molecule has 2 aromatic rings. The summed E-state index contributed by atoms with van der Waals surface area (Å²) in [6.45, 7) is -0.0903. The molecule has 0 fully saturated rings. The van der Waals surface area contributed by atoms with Gasteiger partial charge in [-0.2, -0.15) is 0 Å². The fraction of sp³-hybridized carbons (Fsp3) is 0.333. The second-order valence-electron chi connectivity index (χ2n) is 4.68. The molecule has 1 aromatic carbocycles. The molecule has 0 saturated heterocycles. The first-order valence-electron chi connectivity index (χ1n) is 6.20. The highest BCUT2D eigenvalue weighted by molar-refractivity contribution is 9.10. The van der Waals surface area contributed by atoms with Gasteiger partial charge in [-0.1, -0.05) is 34.1 Å². The van der Waals surface area contributed by atoms with Gasteiger partial charge in [-0.3, -0.25) is 0 Å². The Labute approximate surface area is 125 Å². The van der Waals surface area contributed by atoms with Crippen LogP contribution in [0.15, 0.2) is 46.3 Å². The van der Waals surface area contributed by atoms with Crippen molar-refractivity contribution in [2.75, 3.05) is 13.2 Å². The molecule has 0 saturated carbocycles. The van der Waals surface area contributed by atoms with Gasteiger partial charge in [0.1, 0.15) is 0 Å². The van der Waals surface area contributed by atoms with E-state index in [0.29, 0.717) is 0 Å². The van der Waals surface area contributed by atoms with Crippen molar-refractivity contribution in [2.24, 2.45) is 0 Å². The summed E-state index contributed by atoms with van der Waals surface area (Å²) < 4.78 is 0.999. The zero-order chi connectivity index (χ0) is 13.7. The van der Waals surface area contributed by atoms with E-state index in [1.165, 1.54) is 4.88 Å². The molecule has 0 amide bonds.